The molecule has 0 fully saturated rings. The van der Waals surface area contributed by atoms with Gasteiger partial charge >= 0.3 is 11.8 Å². The molecule has 7 nitrogen and oxygen atoms in total. The molecule has 32 heavy (non-hydrogen) atoms. The number of hydrogen-bond acceptors (Lipinski definition) is 3. The van der Waals surface area contributed by atoms with E-state index in [0.29, 0.717) is 39.1 Å². The zero-order chi connectivity index (χ0) is 23.4. The highest BCUT2D eigenvalue weighted by atomic mass is 79.9. The van der Waals surface area contributed by atoms with Crippen LogP contribution in [0, 0.1) is 5.92 Å². The lowest BCUT2D eigenvalue weighted by molar-refractivity contribution is -0.136. The van der Waals surface area contributed by atoms with Gasteiger partial charge < -0.3 is 10.6 Å². The standard InChI is InChI=1S/C22H21BrCl2N4O3/c1-12(2)7-8-26-21(31)22(32)28-29-18-6-3-14(23)9-13(18)10-19(29)20(30)27-15-4-5-16(24)17(25)11-15/h3-6,9-12H,7-8H2,1-2H3,(H,26,31)(H,27,30)(H,28,32). The van der Waals surface area contributed by atoms with Gasteiger partial charge in [-0.25, -0.2) is 4.68 Å². The van der Waals surface area contributed by atoms with E-state index in [0.717, 1.165) is 10.9 Å². The van der Waals surface area contributed by atoms with Crippen LogP contribution in [0.3, 0.4) is 0 Å². The number of halogens is 3. The molecule has 2 aromatic carbocycles. The number of hydrogen-bond donors (Lipinski definition) is 3. The monoisotopic (exact) mass is 538 g/mol. The lowest BCUT2D eigenvalue weighted by atomic mass is 10.1. The largest absolute Gasteiger partial charge is 0.348 e. The molecule has 0 aliphatic rings. The fourth-order valence-corrected chi connectivity index (χ4v) is 3.63. The molecule has 3 N–H and O–H groups in total. The van der Waals surface area contributed by atoms with Crippen LogP contribution >= 0.6 is 39.1 Å². The third-order valence-corrected chi connectivity index (χ3v) is 5.83. The summed E-state index contributed by atoms with van der Waals surface area (Å²) in [5.74, 6) is -1.77. The summed E-state index contributed by atoms with van der Waals surface area (Å²) < 4.78 is 2.09. The van der Waals surface area contributed by atoms with Gasteiger partial charge in [-0.2, -0.15) is 0 Å². The number of benzene rings is 2. The molecule has 0 atom stereocenters. The van der Waals surface area contributed by atoms with Crippen LogP contribution in [0.1, 0.15) is 30.8 Å². The molecule has 10 heteroatoms. The predicted molar refractivity (Wildman–Crippen MR) is 131 cm³/mol. The van der Waals surface area contributed by atoms with Crippen LogP contribution in [0.4, 0.5) is 5.69 Å². The Morgan fingerprint density at radius 2 is 1.75 bits per heavy atom. The molecule has 0 radical (unpaired) electrons. The first kappa shape index (κ1) is 24.1. The first-order chi connectivity index (χ1) is 15.2. The van der Waals surface area contributed by atoms with Crippen molar-refractivity contribution in [2.45, 2.75) is 20.3 Å². The molecule has 0 aliphatic heterocycles. The maximum Gasteiger partial charge on any atom is 0.328 e. The van der Waals surface area contributed by atoms with Crippen LogP contribution in [0.5, 0.6) is 0 Å². The third-order valence-electron chi connectivity index (χ3n) is 4.60. The second-order valence-electron chi connectivity index (χ2n) is 7.53. The number of carbonyl (C=O) groups is 3. The number of rotatable bonds is 6. The number of carbonyl (C=O) groups excluding carboxylic acids is 3. The van der Waals surface area contributed by atoms with Crippen molar-refractivity contribution >= 4 is 73.4 Å². The normalized spacial score (nSPS) is 10.9. The van der Waals surface area contributed by atoms with Gasteiger partial charge in [0.2, 0.25) is 0 Å². The van der Waals surface area contributed by atoms with E-state index in [-0.39, 0.29) is 5.69 Å². The Morgan fingerprint density at radius 1 is 1.00 bits per heavy atom. The van der Waals surface area contributed by atoms with Crippen molar-refractivity contribution in [2.24, 2.45) is 5.92 Å². The topological polar surface area (TPSA) is 92.2 Å². The first-order valence-corrected chi connectivity index (χ1v) is 11.4. The van der Waals surface area contributed by atoms with Crippen LogP contribution in [0.2, 0.25) is 10.0 Å². The van der Waals surface area contributed by atoms with Crippen LogP contribution < -0.4 is 16.1 Å². The van der Waals surface area contributed by atoms with Gasteiger partial charge in [-0.1, -0.05) is 53.0 Å². The molecule has 1 heterocycles. The lowest BCUT2D eigenvalue weighted by Gasteiger charge is -2.13. The Morgan fingerprint density at radius 3 is 2.44 bits per heavy atom. The molecule has 1 aromatic heterocycles. The van der Waals surface area contributed by atoms with Gasteiger partial charge in [0, 0.05) is 22.1 Å². The number of nitrogens with zero attached hydrogens (tertiary/aromatic N) is 1. The molecule has 0 unspecified atom stereocenters. The Hall–Kier alpha value is -2.55. The Bertz CT molecular complexity index is 1190. The van der Waals surface area contributed by atoms with E-state index in [2.05, 4.69) is 32.0 Å². The average molecular weight is 540 g/mol. The molecule has 168 valence electrons. The summed E-state index contributed by atoms with van der Waals surface area (Å²) in [7, 11) is 0. The quantitative estimate of drug-likeness (QED) is 0.376. The van der Waals surface area contributed by atoms with E-state index in [4.69, 9.17) is 23.2 Å². The fourth-order valence-electron chi connectivity index (χ4n) is 2.95. The van der Waals surface area contributed by atoms with E-state index in [1.54, 1.807) is 36.4 Å². The summed E-state index contributed by atoms with van der Waals surface area (Å²) in [5, 5.41) is 6.66. The third kappa shape index (κ3) is 5.82. The van der Waals surface area contributed by atoms with Gasteiger partial charge in [-0.15, -0.1) is 0 Å². The lowest BCUT2D eigenvalue weighted by Crippen LogP contribution is -2.40. The van der Waals surface area contributed by atoms with Gasteiger partial charge in [0.25, 0.3) is 5.91 Å². The zero-order valence-electron chi connectivity index (χ0n) is 17.3. The average Bonchev–Trinajstić information content (AvgIpc) is 3.07. The van der Waals surface area contributed by atoms with Gasteiger partial charge in [-0.05, 0) is 54.8 Å². The molecule has 0 aliphatic carbocycles. The number of anilines is 1. The van der Waals surface area contributed by atoms with E-state index in [9.17, 15) is 14.4 Å². The van der Waals surface area contributed by atoms with Crippen molar-refractivity contribution < 1.29 is 14.4 Å². The van der Waals surface area contributed by atoms with Crippen LogP contribution in [-0.2, 0) is 9.59 Å². The minimum absolute atomic E-state index is 0.132. The molecular formula is C22H21BrCl2N4O3. The van der Waals surface area contributed by atoms with E-state index in [1.807, 2.05) is 13.8 Å². The minimum Gasteiger partial charge on any atom is -0.348 e. The summed E-state index contributed by atoms with van der Waals surface area (Å²) in [4.78, 5) is 37.7. The van der Waals surface area contributed by atoms with Crippen LogP contribution in [0.25, 0.3) is 10.9 Å². The van der Waals surface area contributed by atoms with Crippen molar-refractivity contribution in [3.8, 4) is 0 Å². The molecule has 3 rings (SSSR count). The van der Waals surface area contributed by atoms with Crippen LogP contribution in [0.15, 0.2) is 46.9 Å². The number of aromatic nitrogens is 1. The minimum atomic E-state index is -0.877. The number of fused-ring (bicyclic) bond motifs is 1. The highest BCUT2D eigenvalue weighted by Gasteiger charge is 2.21. The number of amides is 3. The smallest absolute Gasteiger partial charge is 0.328 e. The predicted octanol–water partition coefficient (Wildman–Crippen LogP) is 5.20. The summed E-state index contributed by atoms with van der Waals surface area (Å²) in [6.07, 6.45) is 0.747. The van der Waals surface area contributed by atoms with Gasteiger partial charge in [0.15, 0.2) is 0 Å². The highest BCUT2D eigenvalue weighted by molar-refractivity contribution is 9.10. The maximum atomic E-state index is 13.0. The second-order valence-corrected chi connectivity index (χ2v) is 9.26. The molecular weight excluding hydrogens is 519 g/mol. The van der Waals surface area contributed by atoms with Gasteiger partial charge in [0.1, 0.15) is 5.69 Å². The van der Waals surface area contributed by atoms with Crippen LogP contribution in [-0.4, -0.2) is 28.9 Å². The van der Waals surface area contributed by atoms with Crippen molar-refractivity contribution in [2.75, 3.05) is 17.3 Å². The molecule has 3 amide bonds. The fraction of sp³-hybridized carbons (Fsp3) is 0.227. The van der Waals surface area contributed by atoms with E-state index in [1.165, 1.54) is 10.7 Å². The second kappa shape index (κ2) is 10.4. The Labute approximate surface area is 203 Å². The highest BCUT2D eigenvalue weighted by Crippen LogP contribution is 2.27. The summed E-state index contributed by atoms with van der Waals surface area (Å²) in [6.45, 7) is 4.43. The van der Waals surface area contributed by atoms with Crippen molar-refractivity contribution in [3.63, 3.8) is 0 Å². The zero-order valence-corrected chi connectivity index (χ0v) is 20.4. The van der Waals surface area contributed by atoms with Gasteiger partial charge in [-0.3, -0.25) is 19.8 Å². The summed E-state index contributed by atoms with van der Waals surface area (Å²) in [6, 6.07) is 11.6. The van der Waals surface area contributed by atoms with E-state index < -0.39 is 17.7 Å². The van der Waals surface area contributed by atoms with Crippen molar-refractivity contribution in [1.82, 2.24) is 9.99 Å². The molecule has 0 saturated heterocycles. The molecule has 0 bridgehead atoms. The summed E-state index contributed by atoms with van der Waals surface area (Å²) in [5.41, 5.74) is 3.63. The van der Waals surface area contributed by atoms with Crippen molar-refractivity contribution in [3.05, 3.63) is 62.7 Å². The SMILES string of the molecule is CC(C)CCNC(=O)C(=O)Nn1c(C(=O)Nc2ccc(Cl)c(Cl)c2)cc2cc(Br)ccc21. The van der Waals surface area contributed by atoms with Gasteiger partial charge in [0.05, 0.1) is 15.6 Å². The molecule has 0 saturated carbocycles. The Kier molecular flexibility index (Phi) is 7.82. The number of nitrogens with one attached hydrogen (secondary N) is 3. The van der Waals surface area contributed by atoms with Crippen molar-refractivity contribution in [1.29, 1.82) is 0 Å². The van der Waals surface area contributed by atoms with E-state index >= 15 is 0 Å². The maximum absolute atomic E-state index is 13.0. The Balaban J connectivity index is 1.88. The molecule has 3 aromatic rings. The molecule has 0 spiro atoms. The summed E-state index contributed by atoms with van der Waals surface area (Å²) >= 11 is 15.4. The first-order valence-electron chi connectivity index (χ1n) is 9.82.